The van der Waals surface area contributed by atoms with Crippen molar-refractivity contribution in [3.63, 3.8) is 0 Å². The summed E-state index contributed by atoms with van der Waals surface area (Å²) >= 11 is 0. The molecule has 3 N–H and O–H groups in total. The second kappa shape index (κ2) is 6.58. The van der Waals surface area contributed by atoms with Gasteiger partial charge in [0, 0.05) is 50.3 Å². The fraction of sp³-hybridized carbons (Fsp3) is 0.500. The maximum absolute atomic E-state index is 12.0. The van der Waals surface area contributed by atoms with Crippen LogP contribution in [0.25, 0.3) is 0 Å². The lowest BCUT2D eigenvalue weighted by molar-refractivity contribution is 0.312. The molecule has 1 fully saturated rings. The third kappa shape index (κ3) is 3.89. The summed E-state index contributed by atoms with van der Waals surface area (Å²) in [5, 5.41) is 7.88. The number of nitrogens with one attached hydrogen (secondary N) is 1. The number of sulfone groups is 1. The summed E-state index contributed by atoms with van der Waals surface area (Å²) in [6.45, 7) is 5.10. The number of rotatable bonds is 4. The highest BCUT2D eigenvalue weighted by Crippen LogP contribution is 2.24. The van der Waals surface area contributed by atoms with Crippen molar-refractivity contribution in [2.75, 3.05) is 49.4 Å². The van der Waals surface area contributed by atoms with E-state index in [-0.39, 0.29) is 11.0 Å². The van der Waals surface area contributed by atoms with E-state index in [0.29, 0.717) is 11.6 Å². The molecule has 2 aromatic heterocycles. The molecule has 0 amide bonds. The van der Waals surface area contributed by atoms with Crippen molar-refractivity contribution in [2.45, 2.75) is 12.1 Å². The monoisotopic (exact) mass is 366 g/mol. The largest absolute Gasteiger partial charge is 0.354 e. The Labute approximate surface area is 146 Å². The molecule has 25 heavy (non-hydrogen) atoms. The van der Waals surface area contributed by atoms with Crippen LogP contribution in [-0.4, -0.2) is 73.0 Å². The number of hydrogen-bond acceptors (Lipinski definition) is 9. The van der Waals surface area contributed by atoms with E-state index in [1.807, 2.05) is 18.9 Å². The predicted octanol–water partition coefficient (Wildman–Crippen LogP) is -0.325. The van der Waals surface area contributed by atoms with Crippen molar-refractivity contribution >= 4 is 27.3 Å². The molecule has 0 saturated carbocycles. The Morgan fingerprint density at radius 1 is 1.16 bits per heavy atom. The maximum Gasteiger partial charge on any atom is 0.250 e. The van der Waals surface area contributed by atoms with E-state index < -0.39 is 9.84 Å². The number of aromatic amines is 1. The standard InChI is InChI=1S/C14H22N8O2S/c1-10-8-13(19-18-10)22(15)12-9-11(16-14(17-12)25(3,23)24)21-6-4-20(2)5-7-21/h8-9H,4-7,15H2,1-3H3,(H,18,19). The Hall–Kier alpha value is -2.24. The van der Waals surface area contributed by atoms with Crippen LogP contribution in [0.1, 0.15) is 5.69 Å². The lowest BCUT2D eigenvalue weighted by atomic mass is 10.3. The molecule has 0 spiro atoms. The topological polar surface area (TPSA) is 124 Å². The lowest BCUT2D eigenvalue weighted by Gasteiger charge is -2.33. The fourth-order valence-corrected chi connectivity index (χ4v) is 3.05. The summed E-state index contributed by atoms with van der Waals surface area (Å²) in [4.78, 5) is 12.6. The fourth-order valence-electron chi connectivity index (χ4n) is 2.53. The van der Waals surface area contributed by atoms with Crippen LogP contribution in [0.5, 0.6) is 0 Å². The molecule has 136 valence electrons. The first kappa shape index (κ1) is 17.6. The molecular weight excluding hydrogens is 344 g/mol. The zero-order valence-corrected chi connectivity index (χ0v) is 15.3. The summed E-state index contributed by atoms with van der Waals surface area (Å²) in [6, 6.07) is 3.43. The SMILES string of the molecule is Cc1cc(N(N)c2cc(N3CCN(C)CC3)nc(S(C)(=O)=O)n2)n[nH]1. The average Bonchev–Trinajstić information content (AvgIpc) is 3.00. The zero-order chi connectivity index (χ0) is 18.2. The van der Waals surface area contributed by atoms with E-state index in [9.17, 15) is 8.42 Å². The number of anilines is 3. The van der Waals surface area contributed by atoms with Gasteiger partial charge in [-0.25, -0.2) is 24.3 Å². The number of H-pyrrole nitrogens is 1. The first-order chi connectivity index (χ1) is 11.7. The second-order valence-corrected chi connectivity index (χ2v) is 8.12. The summed E-state index contributed by atoms with van der Waals surface area (Å²) in [7, 11) is -1.53. The third-order valence-corrected chi connectivity index (χ3v) is 4.87. The Morgan fingerprint density at radius 3 is 2.40 bits per heavy atom. The van der Waals surface area contributed by atoms with E-state index in [2.05, 4.69) is 25.1 Å². The number of aryl methyl sites for hydroxylation is 1. The van der Waals surface area contributed by atoms with Crippen LogP contribution in [0.4, 0.5) is 17.5 Å². The summed E-state index contributed by atoms with van der Waals surface area (Å²) in [5.74, 6) is 7.36. The molecule has 3 heterocycles. The van der Waals surface area contributed by atoms with Crippen molar-refractivity contribution in [3.05, 3.63) is 17.8 Å². The molecule has 0 aromatic carbocycles. The first-order valence-electron chi connectivity index (χ1n) is 7.83. The lowest BCUT2D eigenvalue weighted by Crippen LogP contribution is -2.45. The number of piperazine rings is 1. The van der Waals surface area contributed by atoms with Gasteiger partial charge in [0.1, 0.15) is 5.82 Å². The molecule has 0 atom stereocenters. The Bertz CT molecular complexity index is 857. The molecule has 2 aromatic rings. The first-order valence-corrected chi connectivity index (χ1v) is 9.72. The number of nitrogens with zero attached hydrogens (tertiary/aromatic N) is 6. The summed E-state index contributed by atoms with van der Waals surface area (Å²) in [5.41, 5.74) is 0.835. The number of nitrogens with two attached hydrogens (primary N) is 1. The van der Waals surface area contributed by atoms with Gasteiger partial charge in [-0.3, -0.25) is 5.10 Å². The van der Waals surface area contributed by atoms with Crippen LogP contribution in [0.2, 0.25) is 0 Å². The van der Waals surface area contributed by atoms with Gasteiger partial charge in [0.05, 0.1) is 0 Å². The van der Waals surface area contributed by atoms with Crippen molar-refractivity contribution in [2.24, 2.45) is 5.84 Å². The molecule has 0 bridgehead atoms. The number of aromatic nitrogens is 4. The van der Waals surface area contributed by atoms with Gasteiger partial charge < -0.3 is 9.80 Å². The predicted molar refractivity (Wildman–Crippen MR) is 94.5 cm³/mol. The Kier molecular flexibility index (Phi) is 4.62. The van der Waals surface area contributed by atoms with E-state index in [4.69, 9.17) is 5.84 Å². The van der Waals surface area contributed by atoms with Gasteiger partial charge in [-0.15, -0.1) is 0 Å². The van der Waals surface area contributed by atoms with Crippen LogP contribution in [0.15, 0.2) is 17.3 Å². The van der Waals surface area contributed by atoms with Crippen LogP contribution in [0.3, 0.4) is 0 Å². The minimum Gasteiger partial charge on any atom is -0.354 e. The van der Waals surface area contributed by atoms with Crippen molar-refractivity contribution < 1.29 is 8.42 Å². The Morgan fingerprint density at radius 2 is 1.84 bits per heavy atom. The van der Waals surface area contributed by atoms with Crippen LogP contribution >= 0.6 is 0 Å². The molecule has 0 radical (unpaired) electrons. The highest BCUT2D eigenvalue weighted by molar-refractivity contribution is 7.90. The number of hydrazine groups is 1. The molecule has 10 nitrogen and oxygen atoms in total. The van der Waals surface area contributed by atoms with Gasteiger partial charge in [-0.1, -0.05) is 0 Å². The highest BCUT2D eigenvalue weighted by atomic mass is 32.2. The second-order valence-electron chi connectivity index (χ2n) is 6.21. The molecule has 3 rings (SSSR count). The Balaban J connectivity index is 2.01. The van der Waals surface area contributed by atoms with Gasteiger partial charge >= 0.3 is 0 Å². The summed E-state index contributed by atoms with van der Waals surface area (Å²) in [6.07, 6.45) is 1.08. The quantitative estimate of drug-likeness (QED) is 0.425. The van der Waals surface area contributed by atoms with Crippen molar-refractivity contribution in [1.82, 2.24) is 25.1 Å². The molecule has 1 saturated heterocycles. The smallest absolute Gasteiger partial charge is 0.250 e. The van der Waals surface area contributed by atoms with Gasteiger partial charge in [-0.2, -0.15) is 10.1 Å². The molecule has 1 aliphatic rings. The van der Waals surface area contributed by atoms with Crippen LogP contribution in [-0.2, 0) is 9.84 Å². The van der Waals surface area contributed by atoms with E-state index in [1.54, 1.807) is 12.1 Å². The van der Waals surface area contributed by atoms with E-state index in [0.717, 1.165) is 38.1 Å². The normalized spacial score (nSPS) is 16.2. The number of likely N-dealkylation sites (N-methyl/N-ethyl adjacent to an activating group) is 1. The third-order valence-electron chi connectivity index (χ3n) is 4.02. The van der Waals surface area contributed by atoms with Crippen molar-refractivity contribution in [3.8, 4) is 0 Å². The van der Waals surface area contributed by atoms with Gasteiger partial charge in [0.2, 0.25) is 9.84 Å². The van der Waals surface area contributed by atoms with E-state index >= 15 is 0 Å². The molecule has 0 aliphatic carbocycles. The minimum atomic E-state index is -3.58. The van der Waals surface area contributed by atoms with Gasteiger partial charge in [-0.05, 0) is 14.0 Å². The highest BCUT2D eigenvalue weighted by Gasteiger charge is 2.22. The van der Waals surface area contributed by atoms with Crippen molar-refractivity contribution in [1.29, 1.82) is 0 Å². The average molecular weight is 366 g/mol. The van der Waals surface area contributed by atoms with Crippen LogP contribution < -0.4 is 15.8 Å². The zero-order valence-electron chi connectivity index (χ0n) is 14.5. The molecular formula is C14H22N8O2S. The van der Waals surface area contributed by atoms with Gasteiger partial charge in [0.15, 0.2) is 11.6 Å². The van der Waals surface area contributed by atoms with Crippen LogP contribution in [0, 0.1) is 6.92 Å². The molecule has 11 heteroatoms. The molecule has 0 unspecified atom stereocenters. The maximum atomic E-state index is 12.0. The van der Waals surface area contributed by atoms with E-state index in [1.165, 1.54) is 5.01 Å². The minimum absolute atomic E-state index is 0.248. The molecule has 1 aliphatic heterocycles. The summed E-state index contributed by atoms with van der Waals surface area (Å²) < 4.78 is 24.0. The van der Waals surface area contributed by atoms with Gasteiger partial charge in [0.25, 0.3) is 5.16 Å². The number of hydrogen-bond donors (Lipinski definition) is 2.